The number of amides is 1. The van der Waals surface area contributed by atoms with E-state index in [0.717, 1.165) is 37.1 Å². The van der Waals surface area contributed by atoms with E-state index in [1.54, 1.807) is 6.20 Å². The fraction of sp³-hybridized carbons (Fsp3) is 0.474. The fourth-order valence-electron chi connectivity index (χ4n) is 3.37. The SMILES string of the molecule is Cc1ncccc1OC1CCC(NC(=O)c2scc3c2OCCO3)CC1. The van der Waals surface area contributed by atoms with Crippen LogP contribution in [-0.2, 0) is 0 Å². The Balaban J connectivity index is 1.30. The van der Waals surface area contributed by atoms with Gasteiger partial charge in [0.05, 0.1) is 11.8 Å². The summed E-state index contributed by atoms with van der Waals surface area (Å²) in [6.45, 7) is 2.97. The molecule has 0 aromatic carbocycles. The third-order valence-electron chi connectivity index (χ3n) is 4.77. The lowest BCUT2D eigenvalue weighted by molar-refractivity contribution is 0.0889. The number of thiophene rings is 1. The molecule has 0 spiro atoms. The van der Waals surface area contributed by atoms with E-state index in [0.29, 0.717) is 29.6 Å². The molecule has 2 aromatic heterocycles. The second-order valence-corrected chi connectivity index (χ2v) is 7.49. The normalized spacial score (nSPS) is 21.9. The molecule has 0 bridgehead atoms. The van der Waals surface area contributed by atoms with E-state index < -0.39 is 0 Å². The highest BCUT2D eigenvalue weighted by Crippen LogP contribution is 2.39. The lowest BCUT2D eigenvalue weighted by Gasteiger charge is -2.29. The molecular formula is C19H22N2O4S. The fourth-order valence-corrected chi connectivity index (χ4v) is 4.20. The molecule has 6 nitrogen and oxygen atoms in total. The minimum atomic E-state index is -0.0748. The number of carbonyl (C=O) groups excluding carboxylic acids is 1. The smallest absolute Gasteiger partial charge is 0.265 e. The first kappa shape index (κ1) is 17.1. The molecule has 0 radical (unpaired) electrons. The first-order valence-electron chi connectivity index (χ1n) is 8.97. The van der Waals surface area contributed by atoms with Crippen molar-refractivity contribution in [2.24, 2.45) is 0 Å². The van der Waals surface area contributed by atoms with Gasteiger partial charge < -0.3 is 19.5 Å². The van der Waals surface area contributed by atoms with Crippen LogP contribution in [0.5, 0.6) is 17.2 Å². The molecule has 4 rings (SSSR count). The summed E-state index contributed by atoms with van der Waals surface area (Å²) in [4.78, 5) is 17.4. The average Bonchev–Trinajstić information content (AvgIpc) is 3.09. The summed E-state index contributed by atoms with van der Waals surface area (Å²) in [6, 6.07) is 4.01. The molecule has 2 aromatic rings. The van der Waals surface area contributed by atoms with Crippen LogP contribution in [0.25, 0.3) is 0 Å². The number of aryl methyl sites for hydroxylation is 1. The number of pyridine rings is 1. The van der Waals surface area contributed by atoms with Crippen LogP contribution in [0.4, 0.5) is 0 Å². The maximum atomic E-state index is 12.6. The van der Waals surface area contributed by atoms with Gasteiger partial charge in [-0.15, -0.1) is 11.3 Å². The van der Waals surface area contributed by atoms with Crippen LogP contribution in [-0.4, -0.2) is 36.3 Å². The van der Waals surface area contributed by atoms with Crippen molar-refractivity contribution in [2.45, 2.75) is 44.8 Å². The highest BCUT2D eigenvalue weighted by atomic mass is 32.1. The van der Waals surface area contributed by atoms with Crippen LogP contribution in [0.3, 0.4) is 0 Å². The topological polar surface area (TPSA) is 69.7 Å². The van der Waals surface area contributed by atoms with E-state index in [1.165, 1.54) is 11.3 Å². The van der Waals surface area contributed by atoms with Crippen molar-refractivity contribution in [3.05, 3.63) is 34.3 Å². The van der Waals surface area contributed by atoms with Gasteiger partial charge in [-0.1, -0.05) is 0 Å². The van der Waals surface area contributed by atoms with Gasteiger partial charge in [-0.3, -0.25) is 9.78 Å². The number of aromatic nitrogens is 1. The summed E-state index contributed by atoms with van der Waals surface area (Å²) in [5.41, 5.74) is 0.910. The van der Waals surface area contributed by atoms with Gasteiger partial charge in [0.2, 0.25) is 0 Å². The van der Waals surface area contributed by atoms with Crippen LogP contribution in [0, 0.1) is 6.92 Å². The molecule has 1 aliphatic carbocycles. The number of ether oxygens (including phenoxy) is 3. The molecule has 1 N–H and O–H groups in total. The molecular weight excluding hydrogens is 352 g/mol. The van der Waals surface area contributed by atoms with Gasteiger partial charge in [-0.25, -0.2) is 0 Å². The van der Waals surface area contributed by atoms with Crippen LogP contribution in [0.2, 0.25) is 0 Å². The summed E-state index contributed by atoms with van der Waals surface area (Å²) < 4.78 is 17.2. The molecule has 26 heavy (non-hydrogen) atoms. The van der Waals surface area contributed by atoms with Gasteiger partial charge in [0, 0.05) is 17.6 Å². The molecule has 0 saturated heterocycles. The van der Waals surface area contributed by atoms with Crippen LogP contribution >= 0.6 is 11.3 Å². The number of nitrogens with one attached hydrogen (secondary N) is 1. The number of fused-ring (bicyclic) bond motifs is 1. The van der Waals surface area contributed by atoms with Crippen LogP contribution in [0.1, 0.15) is 41.0 Å². The van der Waals surface area contributed by atoms with Crippen molar-refractivity contribution >= 4 is 17.2 Å². The van der Waals surface area contributed by atoms with Crippen molar-refractivity contribution < 1.29 is 19.0 Å². The van der Waals surface area contributed by atoms with Gasteiger partial charge in [0.1, 0.15) is 23.8 Å². The predicted octanol–water partition coefficient (Wildman–Crippen LogP) is 3.34. The quantitative estimate of drug-likeness (QED) is 0.889. The Morgan fingerprint density at radius 3 is 2.88 bits per heavy atom. The van der Waals surface area contributed by atoms with Gasteiger partial charge in [-0.05, 0) is 44.7 Å². The van der Waals surface area contributed by atoms with Crippen molar-refractivity contribution in [1.82, 2.24) is 10.3 Å². The lowest BCUT2D eigenvalue weighted by atomic mass is 9.93. The molecule has 3 heterocycles. The lowest BCUT2D eigenvalue weighted by Crippen LogP contribution is -2.39. The minimum Gasteiger partial charge on any atom is -0.489 e. The highest BCUT2D eigenvalue weighted by molar-refractivity contribution is 7.12. The minimum absolute atomic E-state index is 0.0748. The summed E-state index contributed by atoms with van der Waals surface area (Å²) in [5, 5.41) is 4.97. The molecule has 1 saturated carbocycles. The Morgan fingerprint density at radius 2 is 2.08 bits per heavy atom. The van der Waals surface area contributed by atoms with E-state index in [-0.39, 0.29) is 18.1 Å². The molecule has 7 heteroatoms. The third-order valence-corrected chi connectivity index (χ3v) is 5.71. The number of rotatable bonds is 4. The number of hydrogen-bond donors (Lipinski definition) is 1. The van der Waals surface area contributed by atoms with Crippen molar-refractivity contribution in [3.63, 3.8) is 0 Å². The largest absolute Gasteiger partial charge is 0.489 e. The van der Waals surface area contributed by atoms with Gasteiger partial charge in [0.15, 0.2) is 11.5 Å². The Kier molecular flexibility index (Phi) is 4.97. The van der Waals surface area contributed by atoms with Crippen LogP contribution in [0.15, 0.2) is 23.7 Å². The average molecular weight is 374 g/mol. The Bertz CT molecular complexity index is 784. The van der Waals surface area contributed by atoms with Crippen LogP contribution < -0.4 is 19.5 Å². The summed E-state index contributed by atoms with van der Waals surface area (Å²) in [7, 11) is 0. The molecule has 138 valence electrons. The Labute approximate surface area is 156 Å². The number of carbonyl (C=O) groups is 1. The first-order valence-corrected chi connectivity index (χ1v) is 9.85. The molecule has 1 fully saturated rings. The maximum Gasteiger partial charge on any atom is 0.265 e. The van der Waals surface area contributed by atoms with E-state index >= 15 is 0 Å². The molecule has 2 aliphatic rings. The zero-order chi connectivity index (χ0) is 17.9. The van der Waals surface area contributed by atoms with E-state index in [4.69, 9.17) is 14.2 Å². The number of nitrogens with zero attached hydrogens (tertiary/aromatic N) is 1. The highest BCUT2D eigenvalue weighted by Gasteiger charge is 2.28. The summed E-state index contributed by atoms with van der Waals surface area (Å²) in [6.07, 6.45) is 5.59. The predicted molar refractivity (Wildman–Crippen MR) is 98.4 cm³/mol. The monoisotopic (exact) mass is 374 g/mol. The second-order valence-electron chi connectivity index (χ2n) is 6.61. The van der Waals surface area contributed by atoms with Crippen molar-refractivity contribution in [3.8, 4) is 17.2 Å². The zero-order valence-electron chi connectivity index (χ0n) is 14.7. The maximum absolute atomic E-state index is 12.6. The standard InChI is InChI=1S/C19H22N2O4S/c1-12-15(3-2-8-20-12)25-14-6-4-13(5-7-14)21-19(22)18-17-16(11-26-18)23-9-10-24-17/h2-3,8,11,13-14H,4-7,9-10H2,1H3,(H,21,22). The Morgan fingerprint density at radius 1 is 1.27 bits per heavy atom. The van der Waals surface area contributed by atoms with Crippen molar-refractivity contribution in [1.29, 1.82) is 0 Å². The van der Waals surface area contributed by atoms with E-state index in [9.17, 15) is 4.79 Å². The van der Waals surface area contributed by atoms with E-state index in [2.05, 4.69) is 10.3 Å². The summed E-state index contributed by atoms with van der Waals surface area (Å²) in [5.74, 6) is 2.04. The van der Waals surface area contributed by atoms with Crippen molar-refractivity contribution in [2.75, 3.05) is 13.2 Å². The number of hydrogen-bond acceptors (Lipinski definition) is 6. The zero-order valence-corrected chi connectivity index (χ0v) is 15.5. The summed E-state index contributed by atoms with van der Waals surface area (Å²) >= 11 is 1.37. The second kappa shape index (κ2) is 7.53. The molecule has 1 aliphatic heterocycles. The molecule has 0 unspecified atom stereocenters. The third kappa shape index (κ3) is 3.62. The van der Waals surface area contributed by atoms with Gasteiger partial charge in [0.25, 0.3) is 5.91 Å². The molecule has 1 amide bonds. The van der Waals surface area contributed by atoms with Gasteiger partial charge in [-0.2, -0.15) is 0 Å². The first-order chi connectivity index (χ1) is 12.7. The van der Waals surface area contributed by atoms with E-state index in [1.807, 2.05) is 24.4 Å². The Hall–Kier alpha value is -2.28. The molecule has 0 atom stereocenters. The van der Waals surface area contributed by atoms with Gasteiger partial charge >= 0.3 is 0 Å².